The summed E-state index contributed by atoms with van der Waals surface area (Å²) >= 11 is 0. The van der Waals surface area contributed by atoms with Gasteiger partial charge in [-0.25, -0.2) is 0 Å². The fourth-order valence-electron chi connectivity index (χ4n) is 3.00. The van der Waals surface area contributed by atoms with Gasteiger partial charge in [0.2, 0.25) is 0 Å². The Morgan fingerprint density at radius 2 is 0.826 bits per heavy atom. The SMILES string of the molecule is CCCCCCCCCCCCCCCCCCCC(=O)O.[Cr]. The van der Waals surface area contributed by atoms with E-state index in [4.69, 9.17) is 5.11 Å². The van der Waals surface area contributed by atoms with Crippen molar-refractivity contribution in [3.05, 3.63) is 0 Å². The maximum Gasteiger partial charge on any atom is 0.303 e. The average Bonchev–Trinajstić information content (AvgIpc) is 2.50. The molecule has 0 aromatic heterocycles. The van der Waals surface area contributed by atoms with Gasteiger partial charge in [0.25, 0.3) is 0 Å². The van der Waals surface area contributed by atoms with Crippen molar-refractivity contribution in [1.82, 2.24) is 0 Å². The van der Waals surface area contributed by atoms with Gasteiger partial charge in [0, 0.05) is 23.8 Å². The third-order valence-electron chi connectivity index (χ3n) is 4.49. The third kappa shape index (κ3) is 24.4. The number of unbranched alkanes of at least 4 members (excludes halogenated alkanes) is 16. The van der Waals surface area contributed by atoms with Crippen molar-refractivity contribution in [2.45, 2.75) is 122 Å². The monoisotopic (exact) mass is 364 g/mol. The fourth-order valence-corrected chi connectivity index (χ4v) is 3.00. The van der Waals surface area contributed by atoms with E-state index in [1.54, 1.807) is 0 Å². The summed E-state index contributed by atoms with van der Waals surface area (Å²) in [5.74, 6) is -0.652. The average molecular weight is 365 g/mol. The van der Waals surface area contributed by atoms with Crippen LogP contribution in [-0.4, -0.2) is 11.1 Å². The van der Waals surface area contributed by atoms with Gasteiger partial charge in [0.05, 0.1) is 0 Å². The van der Waals surface area contributed by atoms with Crippen molar-refractivity contribution in [2.24, 2.45) is 0 Å². The van der Waals surface area contributed by atoms with E-state index in [1.807, 2.05) is 0 Å². The maximum atomic E-state index is 10.4. The number of carbonyl (C=O) groups is 1. The summed E-state index contributed by atoms with van der Waals surface area (Å²) < 4.78 is 0. The van der Waals surface area contributed by atoms with Gasteiger partial charge >= 0.3 is 5.97 Å². The molecule has 0 aliphatic heterocycles. The van der Waals surface area contributed by atoms with Gasteiger partial charge < -0.3 is 5.11 Å². The molecule has 0 rings (SSSR count). The van der Waals surface area contributed by atoms with Crippen LogP contribution in [0.25, 0.3) is 0 Å². The van der Waals surface area contributed by atoms with Crippen molar-refractivity contribution in [1.29, 1.82) is 0 Å². The molecule has 0 amide bonds. The Bertz CT molecular complexity index is 232. The third-order valence-corrected chi connectivity index (χ3v) is 4.49. The minimum atomic E-state index is -0.652. The Morgan fingerprint density at radius 1 is 0.565 bits per heavy atom. The molecular weight excluding hydrogens is 324 g/mol. The van der Waals surface area contributed by atoms with Crippen LogP contribution >= 0.6 is 0 Å². The van der Waals surface area contributed by atoms with Crippen LogP contribution in [0, 0.1) is 0 Å². The number of carboxylic acid groups (broad SMARTS) is 1. The fraction of sp³-hybridized carbons (Fsp3) is 0.950. The van der Waals surface area contributed by atoms with Crippen LogP contribution in [0.3, 0.4) is 0 Å². The number of hydrogen-bond acceptors (Lipinski definition) is 1. The molecule has 23 heavy (non-hydrogen) atoms. The van der Waals surface area contributed by atoms with Crippen molar-refractivity contribution in [3.63, 3.8) is 0 Å². The molecule has 0 fully saturated rings. The molecule has 0 saturated heterocycles. The molecular formula is C20H40CrO2. The molecule has 2 nitrogen and oxygen atoms in total. The van der Waals surface area contributed by atoms with Crippen LogP contribution in [-0.2, 0) is 22.2 Å². The largest absolute Gasteiger partial charge is 0.481 e. The molecule has 0 aromatic carbocycles. The van der Waals surface area contributed by atoms with E-state index in [9.17, 15) is 4.79 Å². The van der Waals surface area contributed by atoms with Crippen LogP contribution in [0.1, 0.15) is 122 Å². The molecule has 0 saturated carbocycles. The number of hydrogen-bond donors (Lipinski definition) is 1. The summed E-state index contributed by atoms with van der Waals surface area (Å²) in [5, 5.41) is 8.54. The Labute approximate surface area is 156 Å². The first-order chi connectivity index (χ1) is 10.8. The number of carboxylic acids is 1. The quantitative estimate of drug-likeness (QED) is 0.263. The summed E-state index contributed by atoms with van der Waals surface area (Å²) in [6.45, 7) is 2.28. The van der Waals surface area contributed by atoms with Crippen molar-refractivity contribution in [3.8, 4) is 0 Å². The van der Waals surface area contributed by atoms with E-state index in [-0.39, 0.29) is 17.4 Å². The Balaban J connectivity index is 0. The number of aliphatic carboxylic acids is 1. The first kappa shape index (κ1) is 25.2. The molecule has 3 heteroatoms. The summed E-state index contributed by atoms with van der Waals surface area (Å²) in [7, 11) is 0. The van der Waals surface area contributed by atoms with Gasteiger partial charge in [0.15, 0.2) is 0 Å². The summed E-state index contributed by atoms with van der Waals surface area (Å²) in [5.41, 5.74) is 0. The summed E-state index contributed by atoms with van der Waals surface area (Å²) in [4.78, 5) is 10.4. The topological polar surface area (TPSA) is 37.3 Å². The zero-order valence-corrected chi connectivity index (χ0v) is 16.8. The second-order valence-corrected chi connectivity index (χ2v) is 6.80. The van der Waals surface area contributed by atoms with Crippen molar-refractivity contribution < 1.29 is 27.3 Å². The Hall–Kier alpha value is 0.00247. The minimum absolute atomic E-state index is 0. The van der Waals surface area contributed by atoms with E-state index < -0.39 is 5.97 Å². The standard InChI is InChI=1S/C20H40O2.Cr/c1-2-3-4-5-6-7-8-9-10-11-12-13-14-15-16-17-18-19-20(21)22;/h2-19H2,1H3,(H,21,22);. The predicted molar refractivity (Wildman–Crippen MR) is 96.4 cm³/mol. The smallest absolute Gasteiger partial charge is 0.303 e. The minimum Gasteiger partial charge on any atom is -0.481 e. The van der Waals surface area contributed by atoms with Crippen molar-refractivity contribution in [2.75, 3.05) is 0 Å². The molecule has 0 aromatic rings. The van der Waals surface area contributed by atoms with E-state index in [2.05, 4.69) is 6.92 Å². The Kier molecular flexibility index (Phi) is 24.2. The molecule has 0 bridgehead atoms. The second kappa shape index (κ2) is 22.0. The molecule has 0 spiro atoms. The molecule has 0 unspecified atom stereocenters. The molecule has 138 valence electrons. The normalized spacial score (nSPS) is 10.5. The van der Waals surface area contributed by atoms with E-state index >= 15 is 0 Å². The van der Waals surface area contributed by atoms with Crippen LogP contribution in [0.5, 0.6) is 0 Å². The second-order valence-electron chi connectivity index (χ2n) is 6.80. The Morgan fingerprint density at radius 3 is 1.09 bits per heavy atom. The first-order valence-electron chi connectivity index (χ1n) is 9.99. The number of rotatable bonds is 18. The molecule has 0 heterocycles. The first-order valence-corrected chi connectivity index (χ1v) is 9.99. The zero-order chi connectivity index (χ0) is 16.3. The summed E-state index contributed by atoms with van der Waals surface area (Å²) in [6.07, 6.45) is 23.1. The van der Waals surface area contributed by atoms with Crippen LogP contribution < -0.4 is 0 Å². The van der Waals surface area contributed by atoms with Gasteiger partial charge in [-0.15, -0.1) is 0 Å². The molecule has 0 aliphatic rings. The van der Waals surface area contributed by atoms with Gasteiger partial charge in [-0.1, -0.05) is 110 Å². The molecule has 0 aliphatic carbocycles. The maximum absolute atomic E-state index is 10.4. The van der Waals surface area contributed by atoms with Crippen LogP contribution in [0.2, 0.25) is 0 Å². The van der Waals surface area contributed by atoms with Crippen molar-refractivity contribution >= 4 is 5.97 Å². The van der Waals surface area contributed by atoms with Gasteiger partial charge in [-0.3, -0.25) is 4.79 Å². The van der Waals surface area contributed by atoms with Crippen LogP contribution in [0.15, 0.2) is 0 Å². The van der Waals surface area contributed by atoms with Gasteiger partial charge in [-0.2, -0.15) is 0 Å². The molecule has 0 atom stereocenters. The van der Waals surface area contributed by atoms with E-state index in [0.29, 0.717) is 6.42 Å². The molecule has 1 N–H and O–H groups in total. The summed E-state index contributed by atoms with van der Waals surface area (Å²) in [6, 6.07) is 0. The van der Waals surface area contributed by atoms with Gasteiger partial charge in [-0.05, 0) is 6.42 Å². The van der Waals surface area contributed by atoms with Crippen LogP contribution in [0.4, 0.5) is 0 Å². The molecule has 0 radical (unpaired) electrons. The predicted octanol–water partition coefficient (Wildman–Crippen LogP) is 7.11. The van der Waals surface area contributed by atoms with Gasteiger partial charge in [0.1, 0.15) is 0 Å². The van der Waals surface area contributed by atoms with E-state index in [1.165, 1.54) is 96.3 Å². The van der Waals surface area contributed by atoms with E-state index in [0.717, 1.165) is 12.8 Å². The zero-order valence-electron chi connectivity index (χ0n) is 15.5.